The highest BCUT2D eigenvalue weighted by Gasteiger charge is 2.66. The summed E-state index contributed by atoms with van der Waals surface area (Å²) in [7, 11) is 0. The van der Waals surface area contributed by atoms with Gasteiger partial charge in [0.2, 0.25) is 0 Å². The average molecular weight is 156 g/mol. The fourth-order valence-corrected chi connectivity index (χ4v) is 1.82. The van der Waals surface area contributed by atoms with Crippen LogP contribution in [0.1, 0.15) is 13.3 Å². The van der Waals surface area contributed by atoms with Crippen LogP contribution >= 0.6 is 0 Å². The van der Waals surface area contributed by atoms with Crippen LogP contribution in [0.5, 0.6) is 0 Å². The lowest BCUT2D eigenvalue weighted by molar-refractivity contribution is -0.0647. The summed E-state index contributed by atoms with van der Waals surface area (Å²) in [5, 5.41) is 0. The van der Waals surface area contributed by atoms with E-state index in [1.165, 1.54) is 0 Å². The molecule has 0 spiro atoms. The van der Waals surface area contributed by atoms with Crippen molar-refractivity contribution in [1.29, 1.82) is 0 Å². The zero-order chi connectivity index (χ0) is 7.47. The van der Waals surface area contributed by atoms with Gasteiger partial charge in [0.1, 0.15) is 17.8 Å². The Morgan fingerprint density at radius 3 is 2.55 bits per heavy atom. The van der Waals surface area contributed by atoms with E-state index in [2.05, 4.69) is 6.92 Å². The quantitative estimate of drug-likeness (QED) is 0.540. The molecular formula is C8H12O3. The Balaban J connectivity index is 1.66. The first-order chi connectivity index (χ1) is 5.31. The minimum Gasteiger partial charge on any atom is -0.375 e. The van der Waals surface area contributed by atoms with E-state index in [9.17, 15) is 0 Å². The summed E-state index contributed by atoms with van der Waals surface area (Å²) in [6, 6.07) is 0. The van der Waals surface area contributed by atoms with Crippen molar-refractivity contribution in [1.82, 2.24) is 0 Å². The molecule has 0 N–H and O–H groups in total. The van der Waals surface area contributed by atoms with Crippen LogP contribution in [0.15, 0.2) is 0 Å². The van der Waals surface area contributed by atoms with E-state index in [-0.39, 0.29) is 5.60 Å². The molecule has 4 unspecified atom stereocenters. The van der Waals surface area contributed by atoms with Gasteiger partial charge in [0.05, 0.1) is 12.7 Å². The summed E-state index contributed by atoms with van der Waals surface area (Å²) in [6.07, 6.45) is 2.21. The van der Waals surface area contributed by atoms with E-state index in [0.717, 1.165) is 19.6 Å². The summed E-state index contributed by atoms with van der Waals surface area (Å²) < 4.78 is 16.1. The van der Waals surface area contributed by atoms with Gasteiger partial charge in [-0.25, -0.2) is 0 Å². The second kappa shape index (κ2) is 1.79. The molecule has 3 rings (SSSR count). The second-order valence-electron chi connectivity index (χ2n) is 3.74. The predicted octanol–water partition coefficient (Wildman–Crippen LogP) is 0.332. The smallest absolute Gasteiger partial charge is 0.123 e. The molecule has 0 aromatic rings. The van der Waals surface area contributed by atoms with Crippen LogP contribution in [0.3, 0.4) is 0 Å². The molecule has 3 aliphatic heterocycles. The van der Waals surface area contributed by atoms with Gasteiger partial charge < -0.3 is 14.2 Å². The van der Waals surface area contributed by atoms with E-state index < -0.39 is 0 Å². The Kier molecular flexibility index (Phi) is 1.04. The van der Waals surface area contributed by atoms with Gasteiger partial charge in [-0.15, -0.1) is 0 Å². The molecule has 4 atom stereocenters. The number of rotatable bonds is 2. The largest absolute Gasteiger partial charge is 0.375 e. The molecule has 3 heteroatoms. The monoisotopic (exact) mass is 156 g/mol. The van der Waals surface area contributed by atoms with Crippen LogP contribution in [-0.4, -0.2) is 37.1 Å². The molecule has 62 valence electrons. The maximum Gasteiger partial charge on any atom is 0.123 e. The van der Waals surface area contributed by atoms with Crippen LogP contribution in [0.25, 0.3) is 0 Å². The molecule has 0 radical (unpaired) electrons. The highest BCUT2D eigenvalue weighted by Crippen LogP contribution is 2.49. The van der Waals surface area contributed by atoms with Crippen LogP contribution in [0, 0.1) is 0 Å². The van der Waals surface area contributed by atoms with Crippen molar-refractivity contribution < 1.29 is 14.2 Å². The fraction of sp³-hybridized carbons (Fsp3) is 1.00. The molecule has 3 aliphatic rings. The average Bonchev–Trinajstić information content (AvgIpc) is 2.60. The Morgan fingerprint density at radius 2 is 2.09 bits per heavy atom. The van der Waals surface area contributed by atoms with E-state index in [1.807, 2.05) is 0 Å². The highest BCUT2D eigenvalue weighted by molar-refractivity contribution is 5.12. The van der Waals surface area contributed by atoms with Gasteiger partial charge in [0.25, 0.3) is 0 Å². The molecule has 3 saturated heterocycles. The number of ether oxygens (including phenoxy) is 3. The Morgan fingerprint density at radius 1 is 1.36 bits per heavy atom. The third-order valence-electron chi connectivity index (χ3n) is 2.93. The zero-order valence-electron chi connectivity index (χ0n) is 6.58. The second-order valence-corrected chi connectivity index (χ2v) is 3.74. The standard InChI is InChI=1S/C8H12O3/c1-8(6-4-10-6)7(11-8)5-2-3-9-5/h5-7H,2-4H2,1H3. The van der Waals surface area contributed by atoms with Gasteiger partial charge >= 0.3 is 0 Å². The zero-order valence-corrected chi connectivity index (χ0v) is 6.58. The van der Waals surface area contributed by atoms with E-state index >= 15 is 0 Å². The number of epoxide rings is 2. The van der Waals surface area contributed by atoms with Crippen LogP contribution in [-0.2, 0) is 14.2 Å². The van der Waals surface area contributed by atoms with Crippen molar-refractivity contribution >= 4 is 0 Å². The number of hydrogen-bond donors (Lipinski definition) is 0. The maximum atomic E-state index is 5.58. The first kappa shape index (κ1) is 6.40. The molecule has 11 heavy (non-hydrogen) atoms. The predicted molar refractivity (Wildman–Crippen MR) is 37.4 cm³/mol. The first-order valence-corrected chi connectivity index (χ1v) is 4.22. The molecule has 3 nitrogen and oxygen atoms in total. The Labute approximate surface area is 65.6 Å². The van der Waals surface area contributed by atoms with Crippen LogP contribution in [0.4, 0.5) is 0 Å². The summed E-state index contributed by atoms with van der Waals surface area (Å²) in [6.45, 7) is 3.91. The number of hydrogen-bond acceptors (Lipinski definition) is 3. The van der Waals surface area contributed by atoms with Crippen molar-refractivity contribution in [3.05, 3.63) is 0 Å². The lowest BCUT2D eigenvalue weighted by Crippen LogP contribution is -2.36. The van der Waals surface area contributed by atoms with Gasteiger partial charge in [-0.3, -0.25) is 0 Å². The van der Waals surface area contributed by atoms with Crippen molar-refractivity contribution in [3.8, 4) is 0 Å². The van der Waals surface area contributed by atoms with Gasteiger partial charge in [-0.05, 0) is 13.3 Å². The first-order valence-electron chi connectivity index (χ1n) is 4.22. The van der Waals surface area contributed by atoms with Crippen molar-refractivity contribution in [2.45, 2.75) is 37.3 Å². The minimum absolute atomic E-state index is 0.00505. The molecule has 3 heterocycles. The molecule has 3 fully saturated rings. The summed E-state index contributed by atoms with van der Waals surface area (Å²) in [4.78, 5) is 0. The lowest BCUT2D eigenvalue weighted by atomic mass is 9.97. The molecule has 0 amide bonds. The van der Waals surface area contributed by atoms with Crippen molar-refractivity contribution in [2.24, 2.45) is 0 Å². The molecule has 0 saturated carbocycles. The topological polar surface area (TPSA) is 34.3 Å². The van der Waals surface area contributed by atoms with Gasteiger partial charge in [-0.2, -0.15) is 0 Å². The van der Waals surface area contributed by atoms with Gasteiger partial charge in [0.15, 0.2) is 0 Å². The van der Waals surface area contributed by atoms with Gasteiger partial charge in [-0.1, -0.05) is 0 Å². The van der Waals surface area contributed by atoms with Gasteiger partial charge in [0, 0.05) is 6.61 Å². The van der Waals surface area contributed by atoms with Crippen molar-refractivity contribution in [2.75, 3.05) is 13.2 Å². The molecule has 0 aromatic carbocycles. The molecule has 0 bridgehead atoms. The summed E-state index contributed by atoms with van der Waals surface area (Å²) >= 11 is 0. The molecular weight excluding hydrogens is 144 g/mol. The normalized spacial score (nSPS) is 60.3. The van der Waals surface area contributed by atoms with E-state index in [1.54, 1.807) is 0 Å². The molecule has 0 aromatic heterocycles. The maximum absolute atomic E-state index is 5.58. The van der Waals surface area contributed by atoms with Crippen LogP contribution < -0.4 is 0 Å². The highest BCUT2D eigenvalue weighted by atomic mass is 16.7. The summed E-state index contributed by atoms with van der Waals surface area (Å²) in [5.74, 6) is 0. The van der Waals surface area contributed by atoms with E-state index in [0.29, 0.717) is 18.3 Å². The third kappa shape index (κ3) is 0.789. The van der Waals surface area contributed by atoms with E-state index in [4.69, 9.17) is 14.2 Å². The Bertz CT molecular complexity index is 186. The molecule has 0 aliphatic carbocycles. The lowest BCUT2D eigenvalue weighted by Gasteiger charge is -2.25. The Hall–Kier alpha value is -0.120. The van der Waals surface area contributed by atoms with Crippen LogP contribution in [0.2, 0.25) is 0 Å². The SMILES string of the molecule is CC1(C2CO2)OC1C1CCO1. The minimum atomic E-state index is 0.00505. The summed E-state index contributed by atoms with van der Waals surface area (Å²) in [5.41, 5.74) is 0.00505. The van der Waals surface area contributed by atoms with Crippen molar-refractivity contribution in [3.63, 3.8) is 0 Å². The third-order valence-corrected chi connectivity index (χ3v) is 2.93. The fourth-order valence-electron chi connectivity index (χ4n) is 1.82.